The molecule has 2 heterocycles. The minimum Gasteiger partial charge on any atom is -0.399 e. The number of hydrogen-bond donors (Lipinski definition) is 1. The van der Waals surface area contributed by atoms with Crippen LogP contribution in [0.25, 0.3) is 0 Å². The van der Waals surface area contributed by atoms with Gasteiger partial charge in [0.1, 0.15) is 0 Å². The molecule has 2 saturated heterocycles. The van der Waals surface area contributed by atoms with Gasteiger partial charge in [-0.15, -0.1) is 0 Å². The standard InChI is InChI=1S/C24H31BN2O3/c1-23(2)24(3,4)30-25(29-23)21-10-11-22(20(16-21)18-28)27-14-12-26(13-15-27)17-19-8-6-5-7-9-19/h5-9,16,28H,12-15,17-18H2,1-4H3. The van der Waals surface area contributed by atoms with Crippen molar-refractivity contribution in [1.29, 1.82) is 0 Å². The van der Waals surface area contributed by atoms with Crippen LogP contribution in [-0.2, 0) is 22.5 Å². The first-order chi connectivity index (χ1) is 14.3. The smallest absolute Gasteiger partial charge is 0.399 e. The summed E-state index contributed by atoms with van der Waals surface area (Å²) in [6.45, 7) is 12.8. The molecule has 0 unspecified atom stereocenters. The van der Waals surface area contributed by atoms with E-state index in [0.29, 0.717) is 0 Å². The molecule has 0 aliphatic carbocycles. The number of aliphatic hydroxyl groups excluding tert-OH is 1. The van der Waals surface area contributed by atoms with Gasteiger partial charge in [-0.1, -0.05) is 36.4 Å². The molecule has 0 spiro atoms. The number of rotatable bonds is 5. The number of aliphatic hydroxyl groups is 1. The van der Waals surface area contributed by atoms with Crippen molar-refractivity contribution in [2.24, 2.45) is 0 Å². The lowest BCUT2D eigenvalue weighted by Gasteiger charge is -2.36. The zero-order valence-corrected chi connectivity index (χ0v) is 18.4. The maximum Gasteiger partial charge on any atom is 0.503 e. The molecular weight excluding hydrogens is 375 g/mol. The minimum absolute atomic E-state index is 0.0444. The van der Waals surface area contributed by atoms with Crippen molar-refractivity contribution in [3.8, 4) is 0 Å². The Morgan fingerprint density at radius 1 is 0.967 bits per heavy atom. The number of anilines is 1. The summed E-state index contributed by atoms with van der Waals surface area (Å²) in [6.07, 6.45) is 0. The van der Waals surface area contributed by atoms with Crippen molar-refractivity contribution in [2.75, 3.05) is 31.1 Å². The van der Waals surface area contributed by atoms with Gasteiger partial charge in [0.25, 0.3) is 0 Å². The summed E-state index contributed by atoms with van der Waals surface area (Å²) in [6, 6.07) is 19.0. The highest BCUT2D eigenvalue weighted by molar-refractivity contribution is 6.61. The number of piperazine rings is 1. The predicted molar refractivity (Wildman–Crippen MR) is 120 cm³/mol. The highest BCUT2D eigenvalue weighted by Gasteiger charge is 2.52. The predicted octanol–water partition coefficient (Wildman–Crippen LogP) is 2.40. The first-order valence-electron chi connectivity index (χ1n) is 10.7. The van der Waals surface area contributed by atoms with Crippen molar-refractivity contribution in [3.63, 3.8) is 0 Å². The molecule has 0 saturated carbocycles. The highest BCUT2D eigenvalue weighted by atomic mass is 16.7. The van der Waals surface area contributed by atoms with Crippen molar-refractivity contribution in [3.05, 3.63) is 59.7 Å². The van der Waals surface area contributed by atoms with Crippen LogP contribution in [0, 0.1) is 12.1 Å². The monoisotopic (exact) mass is 406 g/mol. The van der Waals surface area contributed by atoms with Crippen LogP contribution in [0.1, 0.15) is 38.8 Å². The Bertz CT molecular complexity index is 848. The quantitative estimate of drug-likeness (QED) is 0.773. The molecule has 2 aliphatic heterocycles. The van der Waals surface area contributed by atoms with Gasteiger partial charge in [0.2, 0.25) is 0 Å². The van der Waals surface area contributed by atoms with E-state index < -0.39 is 18.3 Å². The lowest BCUT2D eigenvalue weighted by Crippen LogP contribution is -2.46. The second-order valence-corrected chi connectivity index (χ2v) is 9.22. The lowest BCUT2D eigenvalue weighted by atomic mass is 9.79. The van der Waals surface area contributed by atoms with Gasteiger partial charge < -0.3 is 19.3 Å². The SMILES string of the molecule is CC1(C)OB(c2c#cc(N3CCN(Cc4ccccc4)CC3)c(CO)c2)OC1(C)C. The van der Waals surface area contributed by atoms with Crippen molar-refractivity contribution in [1.82, 2.24) is 4.90 Å². The summed E-state index contributed by atoms with van der Waals surface area (Å²) >= 11 is 0. The van der Waals surface area contributed by atoms with Gasteiger partial charge in [-0.25, -0.2) is 0 Å². The Hall–Kier alpha value is -2.04. The fourth-order valence-electron chi connectivity index (χ4n) is 3.97. The second-order valence-electron chi connectivity index (χ2n) is 9.22. The third kappa shape index (κ3) is 4.21. The third-order valence-electron chi connectivity index (χ3n) is 6.57. The Morgan fingerprint density at radius 3 is 2.20 bits per heavy atom. The maximum atomic E-state index is 10.0. The van der Waals surface area contributed by atoms with E-state index in [1.54, 1.807) is 0 Å². The molecule has 5 nitrogen and oxygen atoms in total. The average Bonchev–Trinajstić information content (AvgIpc) is 2.96. The Kier molecular flexibility index (Phi) is 5.83. The summed E-state index contributed by atoms with van der Waals surface area (Å²) in [5, 5.41) is 10.0. The molecule has 0 amide bonds. The van der Waals surface area contributed by atoms with Gasteiger partial charge >= 0.3 is 7.12 Å². The molecule has 4 rings (SSSR count). The summed E-state index contributed by atoms with van der Waals surface area (Å²) < 4.78 is 12.3. The molecule has 0 aromatic heterocycles. The van der Waals surface area contributed by atoms with E-state index >= 15 is 0 Å². The molecule has 0 bridgehead atoms. The summed E-state index contributed by atoms with van der Waals surface area (Å²) in [4.78, 5) is 4.75. The second kappa shape index (κ2) is 8.24. The molecule has 30 heavy (non-hydrogen) atoms. The van der Waals surface area contributed by atoms with Gasteiger partial charge in [0.05, 0.1) is 23.5 Å². The van der Waals surface area contributed by atoms with Crippen LogP contribution in [0.15, 0.2) is 36.4 Å². The lowest BCUT2D eigenvalue weighted by molar-refractivity contribution is 0.00578. The van der Waals surface area contributed by atoms with Crippen LogP contribution in [-0.4, -0.2) is 54.5 Å². The first kappa shape index (κ1) is 21.2. The minimum atomic E-state index is -0.492. The van der Waals surface area contributed by atoms with Crippen molar-refractivity contribution < 1.29 is 14.4 Å². The van der Waals surface area contributed by atoms with Crippen LogP contribution in [0.4, 0.5) is 5.69 Å². The van der Waals surface area contributed by atoms with Crippen LogP contribution in [0.5, 0.6) is 0 Å². The highest BCUT2D eigenvalue weighted by Crippen LogP contribution is 2.36. The molecule has 2 aliphatic rings. The van der Waals surface area contributed by atoms with Gasteiger partial charge in [-0.05, 0) is 45.4 Å². The zero-order chi connectivity index (χ0) is 21.4. The van der Waals surface area contributed by atoms with Crippen LogP contribution >= 0.6 is 0 Å². The molecule has 6 heteroatoms. The fourth-order valence-corrected chi connectivity index (χ4v) is 3.97. The van der Waals surface area contributed by atoms with Crippen LogP contribution < -0.4 is 10.4 Å². The van der Waals surface area contributed by atoms with Gasteiger partial charge in [-0.3, -0.25) is 4.90 Å². The molecule has 0 atom stereocenters. The molecule has 1 N–H and O–H groups in total. The summed E-state index contributed by atoms with van der Waals surface area (Å²) in [5.41, 5.74) is 3.09. The van der Waals surface area contributed by atoms with E-state index in [1.165, 1.54) is 5.56 Å². The first-order valence-corrected chi connectivity index (χ1v) is 10.7. The number of nitrogens with zero attached hydrogens (tertiary/aromatic N) is 2. The Labute approximate surface area is 180 Å². The number of benzene rings is 1. The molecule has 2 aromatic carbocycles. The van der Waals surface area contributed by atoms with Gasteiger partial charge in [0, 0.05) is 43.8 Å². The van der Waals surface area contributed by atoms with Crippen molar-refractivity contribution >= 4 is 18.3 Å². The normalized spacial score (nSPS) is 21.0. The molecular formula is C24H31BN2O3. The maximum absolute atomic E-state index is 10.0. The largest absolute Gasteiger partial charge is 0.503 e. The van der Waals surface area contributed by atoms with E-state index in [2.05, 4.69) is 52.3 Å². The summed E-state index contributed by atoms with van der Waals surface area (Å²) in [5.74, 6) is 0. The Morgan fingerprint density at radius 2 is 1.60 bits per heavy atom. The number of hydrogen-bond acceptors (Lipinski definition) is 5. The van der Waals surface area contributed by atoms with E-state index in [1.807, 2.05) is 33.8 Å². The zero-order valence-electron chi connectivity index (χ0n) is 18.4. The Balaban J connectivity index is 1.43. The third-order valence-corrected chi connectivity index (χ3v) is 6.57. The molecule has 158 valence electrons. The van der Waals surface area contributed by atoms with Gasteiger partial charge in [0.15, 0.2) is 0 Å². The van der Waals surface area contributed by atoms with Gasteiger partial charge in [-0.2, -0.15) is 0 Å². The van der Waals surface area contributed by atoms with E-state index in [0.717, 1.165) is 49.4 Å². The van der Waals surface area contributed by atoms with E-state index in [9.17, 15) is 5.11 Å². The average molecular weight is 406 g/mol. The van der Waals surface area contributed by atoms with Crippen LogP contribution in [0.2, 0.25) is 0 Å². The van der Waals surface area contributed by atoms with Crippen molar-refractivity contribution in [2.45, 2.75) is 52.0 Å². The van der Waals surface area contributed by atoms with Crippen LogP contribution in [0.3, 0.4) is 0 Å². The fraction of sp³-hybridized carbons (Fsp3) is 0.500. The molecule has 2 aromatic rings. The van der Waals surface area contributed by atoms with E-state index in [4.69, 9.17) is 9.31 Å². The van der Waals surface area contributed by atoms with E-state index in [-0.39, 0.29) is 6.61 Å². The topological polar surface area (TPSA) is 45.2 Å². The molecule has 0 radical (unpaired) electrons. The molecule has 2 fully saturated rings. The summed E-state index contributed by atoms with van der Waals surface area (Å²) in [7, 11) is -0.492.